The van der Waals surface area contributed by atoms with Crippen LogP contribution < -0.4 is 10.6 Å². The van der Waals surface area contributed by atoms with Crippen LogP contribution in [0.4, 0.5) is 11.5 Å². The number of Topliss-reactive ketones (excluding diaryl/α,β-unsaturated/α-hetero) is 1. The van der Waals surface area contributed by atoms with Crippen molar-refractivity contribution in [2.75, 3.05) is 10.6 Å². The summed E-state index contributed by atoms with van der Waals surface area (Å²) in [6, 6.07) is 8.52. The van der Waals surface area contributed by atoms with Crippen molar-refractivity contribution in [3.63, 3.8) is 0 Å². The summed E-state index contributed by atoms with van der Waals surface area (Å²) in [4.78, 5) is 31.4. The van der Waals surface area contributed by atoms with Gasteiger partial charge in [-0.05, 0) is 45.0 Å². The summed E-state index contributed by atoms with van der Waals surface area (Å²) in [7, 11) is 0. The van der Waals surface area contributed by atoms with Crippen LogP contribution in [0.5, 0.6) is 0 Å². The lowest BCUT2D eigenvalue weighted by Gasteiger charge is -2.10. The Morgan fingerprint density at radius 2 is 1.77 bits per heavy atom. The third kappa shape index (κ3) is 4.12. The first-order chi connectivity index (χ1) is 10.5. The van der Waals surface area contributed by atoms with Crippen LogP contribution in [-0.2, 0) is 0 Å². The lowest BCUT2D eigenvalue weighted by Crippen LogP contribution is -2.16. The molecule has 1 aromatic heterocycles. The summed E-state index contributed by atoms with van der Waals surface area (Å²) in [5.74, 6) is 0.255. The summed E-state index contributed by atoms with van der Waals surface area (Å²) < 4.78 is 0. The molecule has 0 atom stereocenters. The molecular formula is C16H18N4O2. The molecule has 0 aliphatic carbocycles. The molecule has 0 saturated carbocycles. The summed E-state index contributed by atoms with van der Waals surface area (Å²) in [6.45, 7) is 5.47. The molecule has 0 aliphatic heterocycles. The van der Waals surface area contributed by atoms with Gasteiger partial charge in [-0.1, -0.05) is 0 Å². The van der Waals surface area contributed by atoms with Gasteiger partial charge in [0.2, 0.25) is 0 Å². The van der Waals surface area contributed by atoms with E-state index in [0.717, 1.165) is 0 Å². The summed E-state index contributed by atoms with van der Waals surface area (Å²) >= 11 is 0. The standard InChI is InChI=1S/C16H18N4O2/c1-10(2)19-15-8-14(17-9-18-15)16(22)20-13-6-4-12(5-7-13)11(3)21/h4-10H,1-3H3,(H,20,22)(H,17,18,19). The zero-order valence-corrected chi connectivity index (χ0v) is 12.8. The second kappa shape index (κ2) is 6.80. The minimum Gasteiger partial charge on any atom is -0.368 e. The monoisotopic (exact) mass is 298 g/mol. The minimum atomic E-state index is -0.329. The van der Waals surface area contributed by atoms with Crippen LogP contribution in [0.3, 0.4) is 0 Å². The Bertz CT molecular complexity index is 681. The molecule has 1 heterocycles. The van der Waals surface area contributed by atoms with Crippen LogP contribution in [0.25, 0.3) is 0 Å². The molecule has 0 aliphatic rings. The minimum absolute atomic E-state index is 0.0157. The number of nitrogens with zero attached hydrogens (tertiary/aromatic N) is 2. The Balaban J connectivity index is 2.10. The molecule has 0 radical (unpaired) electrons. The van der Waals surface area contributed by atoms with Gasteiger partial charge in [-0.15, -0.1) is 0 Å². The Morgan fingerprint density at radius 3 is 2.36 bits per heavy atom. The Morgan fingerprint density at radius 1 is 1.09 bits per heavy atom. The van der Waals surface area contributed by atoms with Crippen LogP contribution in [-0.4, -0.2) is 27.7 Å². The third-order valence-electron chi connectivity index (χ3n) is 2.89. The van der Waals surface area contributed by atoms with Crippen molar-refractivity contribution in [2.24, 2.45) is 0 Å². The fraction of sp³-hybridized carbons (Fsp3) is 0.250. The van der Waals surface area contributed by atoms with E-state index in [4.69, 9.17) is 0 Å². The maximum absolute atomic E-state index is 12.2. The molecule has 0 bridgehead atoms. The second-order valence-electron chi connectivity index (χ2n) is 5.18. The molecule has 1 aromatic carbocycles. The van der Waals surface area contributed by atoms with Crippen molar-refractivity contribution in [3.05, 3.63) is 47.9 Å². The van der Waals surface area contributed by atoms with Gasteiger partial charge in [-0.25, -0.2) is 9.97 Å². The van der Waals surface area contributed by atoms with Crippen molar-refractivity contribution in [3.8, 4) is 0 Å². The number of ketones is 1. The molecule has 0 spiro atoms. The number of anilines is 2. The quantitative estimate of drug-likeness (QED) is 0.829. The summed E-state index contributed by atoms with van der Waals surface area (Å²) in [5, 5.41) is 5.85. The lowest BCUT2D eigenvalue weighted by molar-refractivity contribution is 0.101. The average Bonchev–Trinajstić information content (AvgIpc) is 2.47. The van der Waals surface area contributed by atoms with E-state index in [0.29, 0.717) is 17.1 Å². The average molecular weight is 298 g/mol. The highest BCUT2D eigenvalue weighted by Gasteiger charge is 2.10. The van der Waals surface area contributed by atoms with E-state index in [-0.39, 0.29) is 23.4 Å². The van der Waals surface area contributed by atoms with Crippen molar-refractivity contribution in [2.45, 2.75) is 26.8 Å². The molecule has 114 valence electrons. The van der Waals surface area contributed by atoms with Gasteiger partial charge in [-0.3, -0.25) is 9.59 Å². The molecule has 2 rings (SSSR count). The van der Waals surface area contributed by atoms with E-state index in [1.165, 1.54) is 13.3 Å². The zero-order valence-electron chi connectivity index (χ0n) is 12.8. The van der Waals surface area contributed by atoms with E-state index in [1.807, 2.05) is 13.8 Å². The van der Waals surface area contributed by atoms with Gasteiger partial charge in [-0.2, -0.15) is 0 Å². The second-order valence-corrected chi connectivity index (χ2v) is 5.18. The first-order valence-electron chi connectivity index (χ1n) is 6.96. The van der Waals surface area contributed by atoms with Crippen LogP contribution >= 0.6 is 0 Å². The highest BCUT2D eigenvalue weighted by molar-refractivity contribution is 6.03. The molecule has 0 unspecified atom stereocenters. The molecule has 2 aromatic rings. The van der Waals surface area contributed by atoms with E-state index in [2.05, 4.69) is 20.6 Å². The molecule has 22 heavy (non-hydrogen) atoms. The Hall–Kier alpha value is -2.76. The van der Waals surface area contributed by atoms with E-state index in [1.54, 1.807) is 30.3 Å². The van der Waals surface area contributed by atoms with Crippen molar-refractivity contribution < 1.29 is 9.59 Å². The van der Waals surface area contributed by atoms with Gasteiger partial charge in [0.15, 0.2) is 5.78 Å². The molecular weight excluding hydrogens is 280 g/mol. The van der Waals surface area contributed by atoms with Crippen LogP contribution in [0.1, 0.15) is 41.6 Å². The molecule has 1 amide bonds. The predicted octanol–water partition coefficient (Wildman–Crippen LogP) is 2.75. The van der Waals surface area contributed by atoms with Gasteiger partial charge in [0, 0.05) is 23.4 Å². The van der Waals surface area contributed by atoms with Gasteiger partial charge < -0.3 is 10.6 Å². The molecule has 0 fully saturated rings. The molecule has 6 heteroatoms. The largest absolute Gasteiger partial charge is 0.368 e. The fourth-order valence-corrected chi connectivity index (χ4v) is 1.84. The fourth-order valence-electron chi connectivity index (χ4n) is 1.84. The van der Waals surface area contributed by atoms with Crippen molar-refractivity contribution in [1.82, 2.24) is 9.97 Å². The zero-order chi connectivity index (χ0) is 16.1. The van der Waals surface area contributed by atoms with E-state index >= 15 is 0 Å². The Labute approximate surface area is 129 Å². The third-order valence-corrected chi connectivity index (χ3v) is 2.89. The molecule has 6 nitrogen and oxygen atoms in total. The highest BCUT2D eigenvalue weighted by atomic mass is 16.2. The van der Waals surface area contributed by atoms with Crippen LogP contribution in [0.2, 0.25) is 0 Å². The lowest BCUT2D eigenvalue weighted by atomic mass is 10.1. The number of aromatic nitrogens is 2. The molecule has 0 saturated heterocycles. The number of hydrogen-bond donors (Lipinski definition) is 2. The van der Waals surface area contributed by atoms with Crippen LogP contribution in [0.15, 0.2) is 36.7 Å². The SMILES string of the molecule is CC(=O)c1ccc(NC(=O)c2cc(NC(C)C)ncn2)cc1. The first-order valence-corrected chi connectivity index (χ1v) is 6.96. The summed E-state index contributed by atoms with van der Waals surface area (Å²) in [6.07, 6.45) is 1.35. The normalized spacial score (nSPS) is 10.4. The number of benzene rings is 1. The van der Waals surface area contributed by atoms with Gasteiger partial charge in [0.1, 0.15) is 17.8 Å². The number of nitrogens with one attached hydrogen (secondary N) is 2. The summed E-state index contributed by atoms with van der Waals surface area (Å²) in [5.41, 5.74) is 1.48. The van der Waals surface area contributed by atoms with Crippen molar-refractivity contribution in [1.29, 1.82) is 0 Å². The highest BCUT2D eigenvalue weighted by Crippen LogP contribution is 2.12. The number of rotatable bonds is 5. The first kappa shape index (κ1) is 15.6. The maximum atomic E-state index is 12.2. The predicted molar refractivity (Wildman–Crippen MR) is 85.2 cm³/mol. The van der Waals surface area contributed by atoms with Gasteiger partial charge >= 0.3 is 0 Å². The maximum Gasteiger partial charge on any atom is 0.274 e. The van der Waals surface area contributed by atoms with Crippen LogP contribution in [0, 0.1) is 0 Å². The topological polar surface area (TPSA) is 84.0 Å². The Kier molecular flexibility index (Phi) is 4.83. The number of carbonyl (C=O) groups is 2. The molecule has 2 N–H and O–H groups in total. The number of amides is 1. The van der Waals surface area contributed by atoms with E-state index in [9.17, 15) is 9.59 Å². The number of carbonyl (C=O) groups excluding carboxylic acids is 2. The number of hydrogen-bond acceptors (Lipinski definition) is 5. The van der Waals surface area contributed by atoms with Gasteiger partial charge in [0.25, 0.3) is 5.91 Å². The van der Waals surface area contributed by atoms with Gasteiger partial charge in [0.05, 0.1) is 0 Å². The van der Waals surface area contributed by atoms with Crippen molar-refractivity contribution >= 4 is 23.2 Å². The van der Waals surface area contributed by atoms with E-state index < -0.39 is 0 Å². The smallest absolute Gasteiger partial charge is 0.274 e.